The van der Waals surface area contributed by atoms with Crippen LogP contribution in [0, 0.1) is 11.7 Å². The van der Waals surface area contributed by atoms with Crippen LogP contribution in [0.5, 0.6) is 5.75 Å². The van der Waals surface area contributed by atoms with Crippen molar-refractivity contribution < 1.29 is 9.13 Å². The minimum atomic E-state index is -0.161. The van der Waals surface area contributed by atoms with E-state index in [2.05, 4.69) is 10.2 Å². The first kappa shape index (κ1) is 13.5. The topological polar surface area (TPSA) is 24.5 Å². The monoisotopic (exact) mass is 290 g/mol. The lowest BCUT2D eigenvalue weighted by Crippen LogP contribution is -2.42. The van der Waals surface area contributed by atoms with Crippen LogP contribution in [0.3, 0.4) is 0 Å². The molecule has 0 amide bonds. The van der Waals surface area contributed by atoms with Crippen molar-refractivity contribution >= 4 is 0 Å². The average Bonchev–Trinajstić information content (AvgIpc) is 3.24. The largest absolute Gasteiger partial charge is 0.488 e. The third kappa shape index (κ3) is 3.06. The van der Waals surface area contributed by atoms with E-state index in [4.69, 9.17) is 4.74 Å². The highest BCUT2D eigenvalue weighted by Crippen LogP contribution is 2.34. The average molecular weight is 290 g/mol. The molecule has 3 aliphatic rings. The Morgan fingerprint density at radius 1 is 1.33 bits per heavy atom. The number of halogens is 1. The standard InChI is InChI=1S/C17H23FN2O/c18-14-4-5-17-13(8-14)9-15(21-17)10-20-7-1-6-19-16(11-20)12-2-3-12/h4-5,8,12,15-16,19H,1-3,6-7,9-11H2. The summed E-state index contributed by atoms with van der Waals surface area (Å²) >= 11 is 0. The first-order chi connectivity index (χ1) is 10.3. The van der Waals surface area contributed by atoms with Crippen molar-refractivity contribution in [2.75, 3.05) is 26.2 Å². The van der Waals surface area contributed by atoms with Crippen LogP contribution >= 0.6 is 0 Å². The number of nitrogens with one attached hydrogen (secondary N) is 1. The van der Waals surface area contributed by atoms with E-state index in [0.29, 0.717) is 6.04 Å². The van der Waals surface area contributed by atoms with Gasteiger partial charge in [-0.15, -0.1) is 0 Å². The van der Waals surface area contributed by atoms with Crippen molar-refractivity contribution in [1.29, 1.82) is 0 Å². The Hall–Kier alpha value is -1.13. The van der Waals surface area contributed by atoms with Gasteiger partial charge in [-0.2, -0.15) is 0 Å². The summed E-state index contributed by atoms with van der Waals surface area (Å²) in [5, 5.41) is 3.69. The summed E-state index contributed by atoms with van der Waals surface area (Å²) in [6.45, 7) is 4.37. The molecule has 4 heteroatoms. The minimum absolute atomic E-state index is 0.161. The van der Waals surface area contributed by atoms with Crippen LogP contribution < -0.4 is 10.1 Å². The number of hydrogen-bond donors (Lipinski definition) is 1. The van der Waals surface area contributed by atoms with Gasteiger partial charge in [-0.3, -0.25) is 4.90 Å². The Morgan fingerprint density at radius 3 is 3.10 bits per heavy atom. The fourth-order valence-electron chi connectivity index (χ4n) is 3.68. The molecular weight excluding hydrogens is 267 g/mol. The molecule has 1 saturated heterocycles. The Balaban J connectivity index is 1.37. The molecule has 1 aliphatic carbocycles. The molecule has 1 N–H and O–H groups in total. The number of rotatable bonds is 3. The van der Waals surface area contributed by atoms with Crippen LogP contribution in [0.4, 0.5) is 4.39 Å². The van der Waals surface area contributed by atoms with E-state index in [1.807, 2.05) is 0 Å². The van der Waals surface area contributed by atoms with E-state index in [-0.39, 0.29) is 11.9 Å². The summed E-state index contributed by atoms with van der Waals surface area (Å²) in [5.41, 5.74) is 1.02. The van der Waals surface area contributed by atoms with E-state index >= 15 is 0 Å². The molecule has 0 spiro atoms. The highest BCUT2D eigenvalue weighted by atomic mass is 19.1. The quantitative estimate of drug-likeness (QED) is 0.923. The second kappa shape index (κ2) is 5.58. The van der Waals surface area contributed by atoms with Crippen LogP contribution in [0.25, 0.3) is 0 Å². The first-order valence-corrected chi connectivity index (χ1v) is 8.19. The van der Waals surface area contributed by atoms with Crippen LogP contribution in [0.15, 0.2) is 18.2 Å². The third-order valence-electron chi connectivity index (χ3n) is 4.93. The van der Waals surface area contributed by atoms with Crippen LogP contribution in [0.1, 0.15) is 24.8 Å². The Morgan fingerprint density at radius 2 is 2.24 bits per heavy atom. The van der Waals surface area contributed by atoms with Gasteiger partial charge in [-0.1, -0.05) is 0 Å². The smallest absolute Gasteiger partial charge is 0.123 e. The van der Waals surface area contributed by atoms with Crippen molar-refractivity contribution in [1.82, 2.24) is 10.2 Å². The Bertz CT molecular complexity index is 518. The summed E-state index contributed by atoms with van der Waals surface area (Å²) in [7, 11) is 0. The Labute approximate surface area is 125 Å². The number of fused-ring (bicyclic) bond motifs is 1. The lowest BCUT2D eigenvalue weighted by atomic mass is 10.1. The van der Waals surface area contributed by atoms with Gasteiger partial charge in [-0.05, 0) is 56.5 Å². The number of hydrogen-bond acceptors (Lipinski definition) is 3. The number of ether oxygens (including phenoxy) is 1. The molecule has 1 saturated carbocycles. The summed E-state index contributed by atoms with van der Waals surface area (Å²) in [4.78, 5) is 2.54. The second-order valence-corrected chi connectivity index (χ2v) is 6.71. The van der Waals surface area contributed by atoms with Gasteiger partial charge < -0.3 is 10.1 Å². The molecule has 2 atom stereocenters. The molecule has 2 unspecified atom stereocenters. The minimum Gasteiger partial charge on any atom is -0.488 e. The molecule has 2 fully saturated rings. The maximum atomic E-state index is 13.3. The van der Waals surface area contributed by atoms with Gasteiger partial charge in [0, 0.05) is 31.1 Å². The van der Waals surface area contributed by atoms with E-state index in [0.717, 1.165) is 49.8 Å². The molecule has 2 aliphatic heterocycles. The Kier molecular flexibility index (Phi) is 3.59. The maximum absolute atomic E-state index is 13.3. The maximum Gasteiger partial charge on any atom is 0.123 e. The predicted molar refractivity (Wildman–Crippen MR) is 80.1 cm³/mol. The van der Waals surface area contributed by atoms with E-state index in [1.54, 1.807) is 12.1 Å². The van der Waals surface area contributed by atoms with E-state index in [1.165, 1.54) is 25.3 Å². The molecule has 0 radical (unpaired) electrons. The molecule has 0 bridgehead atoms. The zero-order chi connectivity index (χ0) is 14.2. The van der Waals surface area contributed by atoms with Crippen molar-refractivity contribution in [2.45, 2.75) is 37.8 Å². The summed E-state index contributed by atoms with van der Waals surface area (Å²) < 4.78 is 19.3. The zero-order valence-corrected chi connectivity index (χ0v) is 12.4. The van der Waals surface area contributed by atoms with Crippen molar-refractivity contribution in [3.63, 3.8) is 0 Å². The molecule has 1 aromatic rings. The van der Waals surface area contributed by atoms with E-state index in [9.17, 15) is 4.39 Å². The number of benzene rings is 1. The molecule has 3 nitrogen and oxygen atoms in total. The molecular formula is C17H23FN2O. The third-order valence-corrected chi connectivity index (χ3v) is 4.93. The highest BCUT2D eigenvalue weighted by molar-refractivity contribution is 5.37. The van der Waals surface area contributed by atoms with Gasteiger partial charge in [0.15, 0.2) is 0 Å². The fraction of sp³-hybridized carbons (Fsp3) is 0.647. The molecule has 2 heterocycles. The number of nitrogens with zero attached hydrogens (tertiary/aromatic N) is 1. The van der Waals surface area contributed by atoms with Crippen molar-refractivity contribution in [3.8, 4) is 5.75 Å². The SMILES string of the molecule is Fc1ccc2c(c1)CC(CN1CCCNC(C3CC3)C1)O2. The van der Waals surface area contributed by atoms with Gasteiger partial charge in [0.1, 0.15) is 17.7 Å². The molecule has 4 rings (SSSR count). The lowest BCUT2D eigenvalue weighted by molar-refractivity contribution is 0.146. The zero-order valence-electron chi connectivity index (χ0n) is 12.4. The van der Waals surface area contributed by atoms with Crippen molar-refractivity contribution in [2.24, 2.45) is 5.92 Å². The van der Waals surface area contributed by atoms with E-state index < -0.39 is 0 Å². The molecule has 1 aromatic carbocycles. The van der Waals surface area contributed by atoms with Crippen LogP contribution in [-0.4, -0.2) is 43.2 Å². The van der Waals surface area contributed by atoms with Crippen LogP contribution in [-0.2, 0) is 6.42 Å². The predicted octanol–water partition coefficient (Wildman–Crippen LogP) is 2.20. The molecule has 114 valence electrons. The first-order valence-electron chi connectivity index (χ1n) is 8.19. The van der Waals surface area contributed by atoms with Gasteiger partial charge in [0.05, 0.1) is 0 Å². The van der Waals surface area contributed by atoms with Crippen LogP contribution in [0.2, 0.25) is 0 Å². The van der Waals surface area contributed by atoms with Gasteiger partial charge in [-0.25, -0.2) is 4.39 Å². The molecule has 21 heavy (non-hydrogen) atoms. The summed E-state index contributed by atoms with van der Waals surface area (Å²) in [6.07, 6.45) is 4.99. The normalized spacial score (nSPS) is 29.8. The summed E-state index contributed by atoms with van der Waals surface area (Å²) in [6, 6.07) is 5.53. The fourth-order valence-corrected chi connectivity index (χ4v) is 3.68. The lowest BCUT2D eigenvalue weighted by Gasteiger charge is -2.26. The van der Waals surface area contributed by atoms with Gasteiger partial charge in [0.25, 0.3) is 0 Å². The molecule has 0 aromatic heterocycles. The summed E-state index contributed by atoms with van der Waals surface area (Å²) in [5.74, 6) is 1.60. The second-order valence-electron chi connectivity index (χ2n) is 6.71. The van der Waals surface area contributed by atoms with Crippen molar-refractivity contribution in [3.05, 3.63) is 29.6 Å². The van der Waals surface area contributed by atoms with Gasteiger partial charge >= 0.3 is 0 Å². The highest BCUT2D eigenvalue weighted by Gasteiger charge is 2.34. The van der Waals surface area contributed by atoms with Gasteiger partial charge in [0.2, 0.25) is 0 Å².